The highest BCUT2D eigenvalue weighted by Gasteiger charge is 2.15. The quantitative estimate of drug-likeness (QED) is 0.367. The Bertz CT molecular complexity index is 300. The summed E-state index contributed by atoms with van der Waals surface area (Å²) in [5.74, 6) is 4.20. The van der Waals surface area contributed by atoms with E-state index in [1.165, 1.54) is 0 Å². The number of aliphatic hydroxyl groups excluding tert-OH is 1. The second-order valence-corrected chi connectivity index (χ2v) is 2.90. The first-order valence-electron chi connectivity index (χ1n) is 3.59. The summed E-state index contributed by atoms with van der Waals surface area (Å²) in [6.45, 7) is 0. The molecule has 1 aromatic rings. The summed E-state index contributed by atoms with van der Waals surface area (Å²) in [6.07, 6.45) is -1.25. The second-order valence-electron chi connectivity index (χ2n) is 2.46. The number of nitrogens with two attached hydrogens (primary N) is 1. The van der Waals surface area contributed by atoms with E-state index in [1.807, 2.05) is 5.43 Å². The Morgan fingerprint density at radius 1 is 1.46 bits per heavy atom. The number of aliphatic hydroxyl groups is 1. The van der Waals surface area contributed by atoms with E-state index in [1.54, 1.807) is 24.3 Å². The molecule has 1 aromatic carbocycles. The lowest BCUT2D eigenvalue weighted by Crippen LogP contribution is -2.34. The zero-order valence-corrected chi connectivity index (χ0v) is 7.45. The molecule has 0 saturated carbocycles. The third-order valence-corrected chi connectivity index (χ3v) is 1.83. The molecule has 4 nitrogen and oxygen atoms in total. The molecule has 0 heterocycles. The average molecular weight is 201 g/mol. The van der Waals surface area contributed by atoms with Gasteiger partial charge in [0, 0.05) is 5.02 Å². The fourth-order valence-electron chi connectivity index (χ4n) is 0.875. The Hall–Kier alpha value is -1.10. The minimum Gasteiger partial charge on any atom is -0.378 e. The maximum Gasteiger partial charge on any atom is 0.267 e. The molecule has 13 heavy (non-hydrogen) atoms. The van der Waals surface area contributed by atoms with Gasteiger partial charge in [0.1, 0.15) is 0 Å². The molecule has 1 amide bonds. The van der Waals surface area contributed by atoms with Gasteiger partial charge in [0.2, 0.25) is 0 Å². The number of halogens is 1. The highest BCUT2D eigenvalue weighted by Crippen LogP contribution is 2.15. The van der Waals surface area contributed by atoms with Gasteiger partial charge in [0.15, 0.2) is 6.10 Å². The topological polar surface area (TPSA) is 75.3 Å². The van der Waals surface area contributed by atoms with Crippen molar-refractivity contribution in [2.75, 3.05) is 0 Å². The largest absolute Gasteiger partial charge is 0.378 e. The van der Waals surface area contributed by atoms with Crippen molar-refractivity contribution in [1.29, 1.82) is 0 Å². The van der Waals surface area contributed by atoms with Crippen LogP contribution in [-0.2, 0) is 4.79 Å². The van der Waals surface area contributed by atoms with Crippen molar-refractivity contribution in [2.24, 2.45) is 5.84 Å². The summed E-state index contributed by atoms with van der Waals surface area (Å²) < 4.78 is 0. The molecule has 0 fully saturated rings. The zero-order chi connectivity index (χ0) is 9.84. The lowest BCUT2D eigenvalue weighted by atomic mass is 10.1. The molecule has 0 saturated heterocycles. The number of carbonyl (C=O) groups excluding carboxylic acids is 1. The summed E-state index contributed by atoms with van der Waals surface area (Å²) >= 11 is 5.62. The number of benzene rings is 1. The first-order valence-corrected chi connectivity index (χ1v) is 3.97. The zero-order valence-electron chi connectivity index (χ0n) is 6.70. The molecule has 1 atom stereocenters. The van der Waals surface area contributed by atoms with Crippen LogP contribution in [0.5, 0.6) is 0 Å². The van der Waals surface area contributed by atoms with Gasteiger partial charge in [0.25, 0.3) is 5.91 Å². The first-order chi connectivity index (χ1) is 6.15. The van der Waals surface area contributed by atoms with Crippen LogP contribution >= 0.6 is 11.6 Å². The lowest BCUT2D eigenvalue weighted by Gasteiger charge is -2.08. The van der Waals surface area contributed by atoms with Crippen molar-refractivity contribution >= 4 is 17.5 Å². The maximum atomic E-state index is 10.9. The van der Waals surface area contributed by atoms with Gasteiger partial charge in [-0.3, -0.25) is 10.2 Å². The predicted molar refractivity (Wildman–Crippen MR) is 48.7 cm³/mol. The monoisotopic (exact) mass is 200 g/mol. The van der Waals surface area contributed by atoms with Gasteiger partial charge < -0.3 is 5.11 Å². The van der Waals surface area contributed by atoms with Gasteiger partial charge >= 0.3 is 0 Å². The van der Waals surface area contributed by atoms with Crippen LogP contribution in [0.4, 0.5) is 0 Å². The van der Waals surface area contributed by atoms with Crippen LogP contribution in [0.3, 0.4) is 0 Å². The Morgan fingerprint density at radius 2 is 2.00 bits per heavy atom. The first kappa shape index (κ1) is 9.98. The molecule has 0 aliphatic rings. The smallest absolute Gasteiger partial charge is 0.267 e. The van der Waals surface area contributed by atoms with Crippen molar-refractivity contribution in [3.8, 4) is 0 Å². The van der Waals surface area contributed by atoms with Crippen LogP contribution in [0.25, 0.3) is 0 Å². The standard InChI is InChI=1S/C8H9ClN2O2/c9-6-3-1-5(2-4-6)7(12)8(13)11-10/h1-4,7,12H,10H2,(H,11,13)/t7-/m1/s1. The predicted octanol–water partition coefficient (Wildman–Crippen LogP) is 0.363. The van der Waals surface area contributed by atoms with Gasteiger partial charge in [-0.2, -0.15) is 0 Å². The van der Waals surface area contributed by atoms with E-state index in [9.17, 15) is 9.90 Å². The van der Waals surface area contributed by atoms with Crippen molar-refractivity contribution in [1.82, 2.24) is 5.43 Å². The molecular formula is C8H9ClN2O2. The van der Waals surface area contributed by atoms with Gasteiger partial charge in [-0.25, -0.2) is 5.84 Å². The Morgan fingerprint density at radius 3 is 2.46 bits per heavy atom. The minimum absolute atomic E-state index is 0.451. The Kier molecular flexibility index (Phi) is 3.25. The molecule has 5 heteroatoms. The maximum absolute atomic E-state index is 10.9. The van der Waals surface area contributed by atoms with Crippen LogP contribution in [0.2, 0.25) is 5.02 Å². The summed E-state index contributed by atoms with van der Waals surface area (Å²) in [5.41, 5.74) is 2.31. The Labute approximate surface area is 80.3 Å². The van der Waals surface area contributed by atoms with E-state index in [0.29, 0.717) is 10.6 Å². The van der Waals surface area contributed by atoms with Gasteiger partial charge in [-0.15, -0.1) is 0 Å². The third kappa shape index (κ3) is 2.42. The van der Waals surface area contributed by atoms with E-state index < -0.39 is 12.0 Å². The average Bonchev–Trinajstić information content (AvgIpc) is 2.17. The minimum atomic E-state index is -1.25. The van der Waals surface area contributed by atoms with Crippen molar-refractivity contribution in [3.05, 3.63) is 34.9 Å². The van der Waals surface area contributed by atoms with Gasteiger partial charge in [0.05, 0.1) is 0 Å². The second kappa shape index (κ2) is 4.23. The van der Waals surface area contributed by atoms with E-state index in [2.05, 4.69) is 0 Å². The SMILES string of the molecule is NNC(=O)[C@H](O)c1ccc(Cl)cc1. The summed E-state index contributed by atoms with van der Waals surface area (Å²) in [4.78, 5) is 10.9. The van der Waals surface area contributed by atoms with Crippen LogP contribution in [0.15, 0.2) is 24.3 Å². The number of hydrogen-bond acceptors (Lipinski definition) is 3. The molecule has 70 valence electrons. The molecule has 0 aromatic heterocycles. The molecular weight excluding hydrogens is 192 g/mol. The summed E-state index contributed by atoms with van der Waals surface area (Å²) in [6, 6.07) is 6.29. The number of hydrogen-bond donors (Lipinski definition) is 3. The number of hydrazine groups is 1. The van der Waals surface area contributed by atoms with Crippen molar-refractivity contribution < 1.29 is 9.90 Å². The summed E-state index contributed by atoms with van der Waals surface area (Å²) in [5, 5.41) is 9.89. The molecule has 0 radical (unpaired) electrons. The lowest BCUT2D eigenvalue weighted by molar-refractivity contribution is -0.129. The molecule has 0 aliphatic heterocycles. The third-order valence-electron chi connectivity index (χ3n) is 1.58. The molecule has 0 unspecified atom stereocenters. The molecule has 0 spiro atoms. The Balaban J connectivity index is 2.83. The highest BCUT2D eigenvalue weighted by atomic mass is 35.5. The van der Waals surface area contributed by atoms with E-state index >= 15 is 0 Å². The molecule has 4 N–H and O–H groups in total. The number of rotatable bonds is 2. The highest BCUT2D eigenvalue weighted by molar-refractivity contribution is 6.30. The number of nitrogens with one attached hydrogen (secondary N) is 1. The molecule has 0 bridgehead atoms. The van der Waals surface area contributed by atoms with E-state index in [-0.39, 0.29) is 0 Å². The fourth-order valence-corrected chi connectivity index (χ4v) is 1.00. The molecule has 0 aliphatic carbocycles. The number of carbonyl (C=O) groups is 1. The van der Waals surface area contributed by atoms with E-state index in [4.69, 9.17) is 17.4 Å². The van der Waals surface area contributed by atoms with Crippen LogP contribution in [-0.4, -0.2) is 11.0 Å². The van der Waals surface area contributed by atoms with Crippen molar-refractivity contribution in [2.45, 2.75) is 6.10 Å². The summed E-state index contributed by atoms with van der Waals surface area (Å²) in [7, 11) is 0. The number of amides is 1. The van der Waals surface area contributed by atoms with Crippen LogP contribution in [0, 0.1) is 0 Å². The van der Waals surface area contributed by atoms with Crippen molar-refractivity contribution in [3.63, 3.8) is 0 Å². The van der Waals surface area contributed by atoms with E-state index in [0.717, 1.165) is 0 Å². The van der Waals surface area contributed by atoms with Crippen LogP contribution in [0.1, 0.15) is 11.7 Å². The normalized spacial score (nSPS) is 12.2. The molecule has 1 rings (SSSR count). The van der Waals surface area contributed by atoms with Gasteiger partial charge in [-0.1, -0.05) is 23.7 Å². The fraction of sp³-hybridized carbons (Fsp3) is 0.125. The van der Waals surface area contributed by atoms with Crippen LogP contribution < -0.4 is 11.3 Å². The van der Waals surface area contributed by atoms with Gasteiger partial charge in [-0.05, 0) is 17.7 Å².